The first kappa shape index (κ1) is 20.9. The summed E-state index contributed by atoms with van der Waals surface area (Å²) in [6, 6.07) is 13.7. The molecule has 1 aromatic heterocycles. The topological polar surface area (TPSA) is 69.4 Å². The number of hydrogen-bond acceptors (Lipinski definition) is 5. The van der Waals surface area contributed by atoms with E-state index in [1.807, 2.05) is 13.0 Å². The highest BCUT2D eigenvalue weighted by Crippen LogP contribution is 2.37. The minimum Gasteiger partial charge on any atom is -0.436 e. The molecule has 9 heteroatoms. The van der Waals surface area contributed by atoms with Crippen molar-refractivity contribution in [1.29, 1.82) is 0 Å². The van der Waals surface area contributed by atoms with E-state index in [9.17, 15) is 21.6 Å². The zero-order valence-corrected chi connectivity index (χ0v) is 17.2. The van der Waals surface area contributed by atoms with Gasteiger partial charge in [0, 0.05) is 0 Å². The van der Waals surface area contributed by atoms with Crippen LogP contribution >= 0.6 is 0 Å². The fraction of sp³-hybridized carbons (Fsp3) is 0.136. The minimum atomic E-state index is -4.68. The van der Waals surface area contributed by atoms with Crippen LogP contribution in [0.1, 0.15) is 16.7 Å². The van der Waals surface area contributed by atoms with Gasteiger partial charge in [0.2, 0.25) is 5.89 Å². The second-order valence-electron chi connectivity index (χ2n) is 7.00. The quantitative estimate of drug-likeness (QED) is 0.365. The number of hydrogen-bond donors (Lipinski definition) is 0. The first-order valence-electron chi connectivity index (χ1n) is 9.13. The van der Waals surface area contributed by atoms with Crippen LogP contribution in [0.25, 0.3) is 22.6 Å². The van der Waals surface area contributed by atoms with E-state index in [2.05, 4.69) is 4.98 Å². The van der Waals surface area contributed by atoms with Gasteiger partial charge in [0.05, 0.1) is 11.1 Å². The minimum absolute atomic E-state index is 0.0665. The molecule has 0 radical (unpaired) electrons. The second kappa shape index (κ2) is 7.42. The fourth-order valence-electron chi connectivity index (χ4n) is 3.06. The summed E-state index contributed by atoms with van der Waals surface area (Å²) in [5.74, 6) is 0.0710. The molecule has 160 valence electrons. The molecule has 4 rings (SSSR count). The molecule has 0 aliphatic carbocycles. The van der Waals surface area contributed by atoms with Crippen molar-refractivity contribution in [2.75, 3.05) is 0 Å². The average molecular weight is 447 g/mol. The lowest BCUT2D eigenvalue weighted by Gasteiger charge is -2.13. The van der Waals surface area contributed by atoms with Gasteiger partial charge in [-0.1, -0.05) is 24.3 Å². The molecule has 0 aliphatic heterocycles. The summed E-state index contributed by atoms with van der Waals surface area (Å²) < 4.78 is 75.7. The van der Waals surface area contributed by atoms with Crippen LogP contribution in [0.4, 0.5) is 13.2 Å². The fourth-order valence-corrected chi connectivity index (χ4v) is 4.12. The Kier molecular flexibility index (Phi) is 5.01. The highest BCUT2D eigenvalue weighted by atomic mass is 32.2. The average Bonchev–Trinajstić information content (AvgIpc) is 3.12. The van der Waals surface area contributed by atoms with Crippen LogP contribution < -0.4 is 4.18 Å². The summed E-state index contributed by atoms with van der Waals surface area (Å²) >= 11 is 0. The molecule has 0 unspecified atom stereocenters. The van der Waals surface area contributed by atoms with Crippen LogP contribution in [0, 0.1) is 13.8 Å². The van der Waals surface area contributed by atoms with E-state index >= 15 is 0 Å². The molecule has 4 aromatic rings. The zero-order chi connectivity index (χ0) is 22.4. The summed E-state index contributed by atoms with van der Waals surface area (Å²) in [6.45, 7) is 3.51. The lowest BCUT2D eigenvalue weighted by atomic mass is 10.1. The zero-order valence-electron chi connectivity index (χ0n) is 16.4. The highest BCUT2D eigenvalue weighted by molar-refractivity contribution is 7.87. The van der Waals surface area contributed by atoms with Crippen molar-refractivity contribution >= 4 is 21.2 Å². The Morgan fingerprint density at radius 3 is 2.45 bits per heavy atom. The number of aryl methyl sites for hydroxylation is 2. The Hall–Kier alpha value is -3.33. The maximum atomic E-state index is 13.0. The number of nitrogens with zero attached hydrogens (tertiary/aromatic N) is 1. The van der Waals surface area contributed by atoms with Crippen molar-refractivity contribution in [2.24, 2.45) is 0 Å². The molecule has 3 aromatic carbocycles. The third kappa shape index (κ3) is 4.13. The lowest BCUT2D eigenvalue weighted by molar-refractivity contribution is -0.137. The largest absolute Gasteiger partial charge is 0.436 e. The third-order valence-corrected chi connectivity index (χ3v) is 5.85. The van der Waals surface area contributed by atoms with Crippen LogP contribution in [0.2, 0.25) is 0 Å². The molecule has 0 N–H and O–H groups in total. The Balaban J connectivity index is 1.79. The molecule has 31 heavy (non-hydrogen) atoms. The SMILES string of the molecule is Cc1ccc2nc(-c3cccc(C)c3OS(=O)(=O)c3cccc(C(F)(F)F)c3)oc2c1. The van der Waals surface area contributed by atoms with Crippen LogP contribution in [-0.4, -0.2) is 13.4 Å². The van der Waals surface area contributed by atoms with Gasteiger partial charge in [0.25, 0.3) is 0 Å². The highest BCUT2D eigenvalue weighted by Gasteiger charge is 2.32. The van der Waals surface area contributed by atoms with E-state index in [0.29, 0.717) is 22.7 Å². The summed E-state index contributed by atoms with van der Waals surface area (Å²) in [4.78, 5) is 3.78. The van der Waals surface area contributed by atoms with E-state index in [1.165, 1.54) is 0 Å². The molecule has 0 fully saturated rings. The Labute approximate surface area is 176 Å². The van der Waals surface area contributed by atoms with Crippen LogP contribution in [0.15, 0.2) is 70.0 Å². The number of benzene rings is 3. The Bertz CT molecular complexity index is 1390. The van der Waals surface area contributed by atoms with Gasteiger partial charge < -0.3 is 8.60 Å². The van der Waals surface area contributed by atoms with Gasteiger partial charge >= 0.3 is 16.3 Å². The molecule has 0 aliphatic rings. The van der Waals surface area contributed by atoms with Crippen molar-refractivity contribution in [3.63, 3.8) is 0 Å². The van der Waals surface area contributed by atoms with Crippen LogP contribution in [0.3, 0.4) is 0 Å². The summed E-state index contributed by atoms with van der Waals surface area (Å²) in [5, 5.41) is 0. The lowest BCUT2D eigenvalue weighted by Crippen LogP contribution is -2.13. The molecular weight excluding hydrogens is 431 g/mol. The first-order chi connectivity index (χ1) is 14.5. The van der Waals surface area contributed by atoms with Crippen LogP contribution in [-0.2, 0) is 16.3 Å². The summed E-state index contributed by atoms with van der Waals surface area (Å²) in [5.41, 5.74) is 1.69. The van der Waals surface area contributed by atoms with Crippen LogP contribution in [0.5, 0.6) is 5.75 Å². The smallest absolute Gasteiger partial charge is 0.416 e. The molecular formula is C22H16F3NO4S. The number of oxazole rings is 1. The van der Waals surface area contributed by atoms with Crippen molar-refractivity contribution in [2.45, 2.75) is 24.9 Å². The van der Waals surface area contributed by atoms with Gasteiger partial charge in [-0.25, -0.2) is 4.98 Å². The molecule has 5 nitrogen and oxygen atoms in total. The maximum Gasteiger partial charge on any atom is 0.416 e. The molecule has 0 spiro atoms. The van der Waals surface area contributed by atoms with E-state index in [4.69, 9.17) is 8.60 Å². The predicted octanol–water partition coefficient (Wildman–Crippen LogP) is 5.90. The second-order valence-corrected chi connectivity index (χ2v) is 8.55. The molecule has 0 saturated heterocycles. The van der Waals surface area contributed by atoms with E-state index in [-0.39, 0.29) is 17.2 Å². The van der Waals surface area contributed by atoms with Crippen molar-refractivity contribution in [1.82, 2.24) is 4.98 Å². The molecule has 0 saturated carbocycles. The monoisotopic (exact) mass is 447 g/mol. The number of halogens is 3. The standard InChI is InChI=1S/C22H16F3NO4S/c1-13-9-10-18-19(11-13)29-21(26-18)17-8-3-5-14(2)20(17)30-31(27,28)16-7-4-6-15(12-16)22(23,24)25/h3-12H,1-2H3. The Morgan fingerprint density at radius 2 is 1.71 bits per heavy atom. The molecule has 0 bridgehead atoms. The van der Waals surface area contributed by atoms with Gasteiger partial charge in [0.15, 0.2) is 11.3 Å². The number of aromatic nitrogens is 1. The van der Waals surface area contributed by atoms with Gasteiger partial charge in [-0.2, -0.15) is 21.6 Å². The maximum absolute atomic E-state index is 13.0. The molecule has 0 atom stereocenters. The first-order valence-corrected chi connectivity index (χ1v) is 10.5. The Morgan fingerprint density at radius 1 is 0.968 bits per heavy atom. The normalized spacial score (nSPS) is 12.3. The van der Waals surface area contributed by atoms with E-state index < -0.39 is 26.8 Å². The number of alkyl halides is 3. The van der Waals surface area contributed by atoms with Gasteiger partial charge in [-0.15, -0.1) is 0 Å². The van der Waals surface area contributed by atoms with Gasteiger partial charge in [0.1, 0.15) is 10.4 Å². The van der Waals surface area contributed by atoms with Gasteiger partial charge in [-0.05, 0) is 61.4 Å². The summed E-state index contributed by atoms with van der Waals surface area (Å²) in [6.07, 6.45) is -4.68. The van der Waals surface area contributed by atoms with Gasteiger partial charge in [-0.3, -0.25) is 0 Å². The predicted molar refractivity (Wildman–Crippen MR) is 108 cm³/mol. The molecule has 0 amide bonds. The number of rotatable bonds is 4. The van der Waals surface area contributed by atoms with Crippen molar-refractivity contribution < 1.29 is 30.2 Å². The number of para-hydroxylation sites is 1. The third-order valence-electron chi connectivity index (χ3n) is 4.63. The molecule has 1 heterocycles. The van der Waals surface area contributed by atoms with Crippen molar-refractivity contribution in [3.8, 4) is 17.2 Å². The van der Waals surface area contributed by atoms with Crippen molar-refractivity contribution in [3.05, 3.63) is 77.4 Å². The number of fused-ring (bicyclic) bond motifs is 1. The van der Waals surface area contributed by atoms with E-state index in [0.717, 1.165) is 23.8 Å². The van der Waals surface area contributed by atoms with E-state index in [1.54, 1.807) is 37.3 Å². The summed E-state index contributed by atoms with van der Waals surface area (Å²) in [7, 11) is -4.56.